The van der Waals surface area contributed by atoms with Crippen LogP contribution in [0, 0.1) is 17.8 Å². The van der Waals surface area contributed by atoms with E-state index in [1.54, 1.807) is 0 Å². The summed E-state index contributed by atoms with van der Waals surface area (Å²) in [6.07, 6.45) is 11.4. The highest BCUT2D eigenvalue weighted by molar-refractivity contribution is 5.81. The van der Waals surface area contributed by atoms with Crippen LogP contribution in [0.1, 0.15) is 64.2 Å². The van der Waals surface area contributed by atoms with Gasteiger partial charge in [0.25, 0.3) is 0 Å². The second-order valence-corrected chi connectivity index (χ2v) is 7.14. The summed E-state index contributed by atoms with van der Waals surface area (Å²) in [6.45, 7) is 0.638. The van der Waals surface area contributed by atoms with Crippen LogP contribution in [0.3, 0.4) is 0 Å². The number of carbonyl (C=O) groups is 2. The van der Waals surface area contributed by atoms with Crippen LogP contribution in [0.25, 0.3) is 0 Å². The number of hydrogen-bond acceptors (Lipinski definition) is 2. The largest absolute Gasteiger partial charge is 0.356 e. The van der Waals surface area contributed by atoms with E-state index in [0.717, 1.165) is 31.1 Å². The van der Waals surface area contributed by atoms with Gasteiger partial charge < -0.3 is 10.6 Å². The van der Waals surface area contributed by atoms with E-state index in [1.165, 1.54) is 38.5 Å². The van der Waals surface area contributed by atoms with Crippen molar-refractivity contribution in [2.45, 2.75) is 70.3 Å². The summed E-state index contributed by atoms with van der Waals surface area (Å²) in [4.78, 5) is 23.3. The van der Waals surface area contributed by atoms with Crippen molar-refractivity contribution in [2.75, 3.05) is 6.54 Å². The van der Waals surface area contributed by atoms with E-state index in [2.05, 4.69) is 10.6 Å². The normalized spacial score (nSPS) is 29.0. The summed E-state index contributed by atoms with van der Waals surface area (Å²) in [5.74, 6) is 2.22. The topological polar surface area (TPSA) is 58.2 Å². The maximum Gasteiger partial charge on any atom is 0.223 e. The SMILES string of the molecule is O=C(CCCNC(=O)C1CC1)N[C@H]1C[C@@H]1C1CCCCC1. The minimum atomic E-state index is 0.166. The first-order valence-electron chi connectivity index (χ1n) is 8.81. The highest BCUT2D eigenvalue weighted by Crippen LogP contribution is 2.44. The number of amides is 2. The molecule has 0 radical (unpaired) electrons. The molecule has 4 nitrogen and oxygen atoms in total. The molecule has 2 amide bonds. The molecular formula is C17H28N2O2. The fourth-order valence-electron chi connectivity index (χ4n) is 3.69. The van der Waals surface area contributed by atoms with Gasteiger partial charge in [0.05, 0.1) is 0 Å². The molecule has 2 atom stereocenters. The Morgan fingerprint density at radius 2 is 1.76 bits per heavy atom. The van der Waals surface area contributed by atoms with Gasteiger partial charge in [0, 0.05) is 24.9 Å². The Morgan fingerprint density at radius 1 is 1.00 bits per heavy atom. The molecule has 0 aliphatic heterocycles. The predicted octanol–water partition coefficient (Wildman–Crippen LogP) is 2.38. The smallest absolute Gasteiger partial charge is 0.223 e. The molecule has 0 bridgehead atoms. The van der Waals surface area contributed by atoms with E-state index < -0.39 is 0 Å². The second kappa shape index (κ2) is 6.80. The zero-order chi connectivity index (χ0) is 14.7. The Labute approximate surface area is 127 Å². The molecule has 0 aromatic carbocycles. The van der Waals surface area contributed by atoms with Gasteiger partial charge in [0.2, 0.25) is 11.8 Å². The van der Waals surface area contributed by atoms with Gasteiger partial charge in [0.15, 0.2) is 0 Å². The lowest BCUT2D eigenvalue weighted by Gasteiger charge is -2.21. The van der Waals surface area contributed by atoms with E-state index in [4.69, 9.17) is 0 Å². The van der Waals surface area contributed by atoms with Gasteiger partial charge in [-0.05, 0) is 37.5 Å². The van der Waals surface area contributed by atoms with Gasteiger partial charge in [-0.2, -0.15) is 0 Å². The van der Waals surface area contributed by atoms with Crippen LogP contribution in [0.4, 0.5) is 0 Å². The van der Waals surface area contributed by atoms with Crippen molar-refractivity contribution >= 4 is 11.8 Å². The Balaban J connectivity index is 1.24. The molecule has 0 spiro atoms. The minimum Gasteiger partial charge on any atom is -0.356 e. The Morgan fingerprint density at radius 3 is 2.48 bits per heavy atom. The average Bonchev–Trinajstić information content (AvgIpc) is 3.37. The highest BCUT2D eigenvalue weighted by Gasteiger charge is 2.43. The van der Waals surface area contributed by atoms with Crippen molar-refractivity contribution in [1.82, 2.24) is 10.6 Å². The minimum absolute atomic E-state index is 0.166. The van der Waals surface area contributed by atoms with Crippen LogP contribution < -0.4 is 10.6 Å². The molecule has 3 saturated carbocycles. The van der Waals surface area contributed by atoms with Crippen LogP contribution >= 0.6 is 0 Å². The van der Waals surface area contributed by atoms with Gasteiger partial charge >= 0.3 is 0 Å². The van der Waals surface area contributed by atoms with E-state index >= 15 is 0 Å². The molecule has 0 aromatic heterocycles. The number of rotatable bonds is 7. The molecule has 0 saturated heterocycles. The molecule has 3 aliphatic carbocycles. The molecule has 3 fully saturated rings. The van der Waals surface area contributed by atoms with Gasteiger partial charge in [-0.1, -0.05) is 32.1 Å². The molecule has 0 unspecified atom stereocenters. The van der Waals surface area contributed by atoms with Crippen LogP contribution in [0.5, 0.6) is 0 Å². The molecule has 4 heteroatoms. The number of nitrogens with one attached hydrogen (secondary N) is 2. The Bertz CT molecular complexity index is 386. The molecule has 3 aliphatic rings. The van der Waals surface area contributed by atoms with Crippen LogP contribution in [0.15, 0.2) is 0 Å². The van der Waals surface area contributed by atoms with E-state index in [-0.39, 0.29) is 17.7 Å². The molecule has 3 rings (SSSR count). The van der Waals surface area contributed by atoms with Crippen molar-refractivity contribution in [3.05, 3.63) is 0 Å². The van der Waals surface area contributed by atoms with E-state index in [9.17, 15) is 9.59 Å². The maximum atomic E-state index is 11.9. The number of hydrogen-bond donors (Lipinski definition) is 2. The molecule has 2 N–H and O–H groups in total. The molecular weight excluding hydrogens is 264 g/mol. The standard InChI is InChI=1S/C17H28N2O2/c20-16(7-4-10-18-17(21)13-8-9-13)19-15-11-14(15)12-5-2-1-3-6-12/h12-15H,1-11H2,(H,18,21)(H,19,20)/t14-,15+/m1/s1. The van der Waals surface area contributed by atoms with Gasteiger partial charge in [-0.15, -0.1) is 0 Å². The lowest BCUT2D eigenvalue weighted by molar-refractivity contribution is -0.123. The van der Waals surface area contributed by atoms with Gasteiger partial charge in [-0.25, -0.2) is 0 Å². The van der Waals surface area contributed by atoms with Crippen LogP contribution in [0.2, 0.25) is 0 Å². The Hall–Kier alpha value is -1.06. The summed E-state index contributed by atoms with van der Waals surface area (Å²) in [5, 5.41) is 6.08. The average molecular weight is 292 g/mol. The third-order valence-electron chi connectivity index (χ3n) is 5.27. The van der Waals surface area contributed by atoms with E-state index in [0.29, 0.717) is 19.0 Å². The summed E-state index contributed by atoms with van der Waals surface area (Å²) in [7, 11) is 0. The van der Waals surface area contributed by atoms with Crippen molar-refractivity contribution in [3.63, 3.8) is 0 Å². The summed E-state index contributed by atoms with van der Waals surface area (Å²) >= 11 is 0. The van der Waals surface area contributed by atoms with Crippen molar-refractivity contribution in [2.24, 2.45) is 17.8 Å². The molecule has 21 heavy (non-hydrogen) atoms. The summed E-state index contributed by atoms with van der Waals surface area (Å²) < 4.78 is 0. The monoisotopic (exact) mass is 292 g/mol. The first-order chi connectivity index (χ1) is 10.2. The second-order valence-electron chi connectivity index (χ2n) is 7.14. The lowest BCUT2D eigenvalue weighted by Crippen LogP contribution is -2.30. The fraction of sp³-hybridized carbons (Fsp3) is 0.882. The zero-order valence-electron chi connectivity index (χ0n) is 12.9. The third kappa shape index (κ3) is 4.45. The fourth-order valence-corrected chi connectivity index (χ4v) is 3.69. The van der Waals surface area contributed by atoms with Crippen molar-refractivity contribution in [3.8, 4) is 0 Å². The summed E-state index contributed by atoms with van der Waals surface area (Å²) in [5.41, 5.74) is 0. The maximum absolute atomic E-state index is 11.9. The first-order valence-corrected chi connectivity index (χ1v) is 8.81. The molecule has 0 heterocycles. The van der Waals surface area contributed by atoms with Crippen molar-refractivity contribution < 1.29 is 9.59 Å². The van der Waals surface area contributed by atoms with Gasteiger partial charge in [0.1, 0.15) is 0 Å². The molecule has 118 valence electrons. The van der Waals surface area contributed by atoms with E-state index in [1.807, 2.05) is 0 Å². The zero-order valence-corrected chi connectivity index (χ0v) is 12.9. The third-order valence-corrected chi connectivity index (χ3v) is 5.27. The predicted molar refractivity (Wildman–Crippen MR) is 81.6 cm³/mol. The molecule has 0 aromatic rings. The first kappa shape index (κ1) is 14.9. The summed E-state index contributed by atoms with van der Waals surface area (Å²) in [6, 6.07) is 0.446. The lowest BCUT2D eigenvalue weighted by atomic mass is 9.85. The Kier molecular flexibility index (Phi) is 4.81. The number of carbonyl (C=O) groups excluding carboxylic acids is 2. The van der Waals surface area contributed by atoms with Crippen LogP contribution in [-0.4, -0.2) is 24.4 Å². The van der Waals surface area contributed by atoms with Gasteiger partial charge in [-0.3, -0.25) is 9.59 Å². The highest BCUT2D eigenvalue weighted by atomic mass is 16.2. The quantitative estimate of drug-likeness (QED) is 0.708. The van der Waals surface area contributed by atoms with Crippen molar-refractivity contribution in [1.29, 1.82) is 0 Å². The van der Waals surface area contributed by atoms with Crippen LogP contribution in [-0.2, 0) is 9.59 Å².